The first-order valence-electron chi connectivity index (χ1n) is 17.8. The Morgan fingerprint density at radius 3 is 1.40 bits per heavy atom. The van der Waals surface area contributed by atoms with E-state index in [0.717, 1.165) is 71.7 Å². The van der Waals surface area contributed by atoms with E-state index < -0.39 is 0 Å². The van der Waals surface area contributed by atoms with Crippen molar-refractivity contribution in [1.82, 2.24) is 15.0 Å². The van der Waals surface area contributed by atoms with Crippen LogP contribution in [-0.4, -0.2) is 15.0 Å². The molecule has 0 radical (unpaired) electrons. The molecule has 4 heteroatoms. The summed E-state index contributed by atoms with van der Waals surface area (Å²) in [7, 11) is 0. The minimum Gasteiger partial charge on any atom is -0.455 e. The Hall–Kier alpha value is -7.17. The van der Waals surface area contributed by atoms with Crippen LogP contribution in [-0.2, 0) is 0 Å². The van der Waals surface area contributed by atoms with Crippen LogP contribution in [0.2, 0.25) is 0 Å². The van der Waals surface area contributed by atoms with Gasteiger partial charge in [0.15, 0.2) is 17.5 Å². The average Bonchev–Trinajstić information content (AvgIpc) is 3.62. The summed E-state index contributed by atoms with van der Waals surface area (Å²) in [6, 6.07) is 65.2. The van der Waals surface area contributed by atoms with Crippen molar-refractivity contribution in [3.05, 3.63) is 188 Å². The largest absolute Gasteiger partial charge is 0.455 e. The minimum absolute atomic E-state index is 0.634. The molecular weight excluding hydrogens is 647 g/mol. The summed E-state index contributed by atoms with van der Waals surface area (Å²) in [5, 5.41) is 4.47. The molecule has 0 spiro atoms. The molecular formula is C49H31N3O. The first-order valence-corrected chi connectivity index (χ1v) is 17.8. The lowest BCUT2D eigenvalue weighted by Crippen LogP contribution is -2.00. The van der Waals surface area contributed by atoms with Gasteiger partial charge in [0.05, 0.1) is 0 Å². The molecule has 2 aromatic heterocycles. The summed E-state index contributed by atoms with van der Waals surface area (Å²) in [6.45, 7) is 0. The molecule has 0 unspecified atom stereocenters. The molecule has 0 bridgehead atoms. The lowest BCUT2D eigenvalue weighted by atomic mass is 9.93. The molecule has 0 saturated carbocycles. The Bertz CT molecular complexity index is 2880. The molecule has 10 aromatic rings. The SMILES string of the molecule is c1ccc(-c2ccc3c(c2)oc2c4ccccc4c(-c4cccc(-c5cccc(-c6nc(-c7ccccc7)nc(-c7ccccc7)n6)c5)c4)cc32)cc1. The van der Waals surface area contributed by atoms with E-state index in [1.54, 1.807) is 0 Å². The third-order valence-electron chi connectivity index (χ3n) is 9.91. The molecule has 0 amide bonds. The van der Waals surface area contributed by atoms with Gasteiger partial charge in [-0.1, -0.05) is 158 Å². The fraction of sp³-hybridized carbons (Fsp3) is 0. The van der Waals surface area contributed by atoms with E-state index in [1.807, 2.05) is 66.7 Å². The molecule has 2 heterocycles. The van der Waals surface area contributed by atoms with E-state index in [2.05, 4.69) is 121 Å². The number of rotatable bonds is 6. The van der Waals surface area contributed by atoms with Gasteiger partial charge in [-0.3, -0.25) is 0 Å². The van der Waals surface area contributed by atoms with Gasteiger partial charge in [-0.2, -0.15) is 0 Å². The molecule has 0 aliphatic heterocycles. The van der Waals surface area contributed by atoms with E-state index in [0.29, 0.717) is 17.5 Å². The van der Waals surface area contributed by atoms with Crippen LogP contribution in [0.25, 0.3) is 100 Å². The maximum atomic E-state index is 6.62. The van der Waals surface area contributed by atoms with Gasteiger partial charge in [-0.15, -0.1) is 0 Å². The van der Waals surface area contributed by atoms with Crippen LogP contribution < -0.4 is 0 Å². The number of hydrogen-bond acceptors (Lipinski definition) is 4. The van der Waals surface area contributed by atoms with Gasteiger partial charge in [0.1, 0.15) is 11.2 Å². The standard InChI is InChI=1S/C49H31N3O/c1-4-14-32(15-5-1)37-26-27-41-44-31-43(40-24-10-11-25-42(40)46(44)53-45(41)30-37)38-22-12-20-35(28-38)36-21-13-23-39(29-36)49-51-47(33-16-6-2-7-17-33)50-48(52-49)34-18-8-3-9-19-34/h1-31H. The summed E-state index contributed by atoms with van der Waals surface area (Å²) in [5.74, 6) is 1.92. The van der Waals surface area contributed by atoms with E-state index in [4.69, 9.17) is 19.4 Å². The quantitative estimate of drug-likeness (QED) is 0.176. The van der Waals surface area contributed by atoms with Crippen molar-refractivity contribution >= 4 is 32.7 Å². The molecule has 0 aliphatic carbocycles. The number of nitrogens with zero attached hydrogens (tertiary/aromatic N) is 3. The van der Waals surface area contributed by atoms with Gasteiger partial charge in [0, 0.05) is 32.8 Å². The van der Waals surface area contributed by atoms with Gasteiger partial charge in [-0.05, 0) is 69.1 Å². The average molecular weight is 678 g/mol. The molecule has 0 N–H and O–H groups in total. The van der Waals surface area contributed by atoms with Crippen LogP contribution in [0.1, 0.15) is 0 Å². The van der Waals surface area contributed by atoms with Crippen LogP contribution in [0, 0.1) is 0 Å². The molecule has 4 nitrogen and oxygen atoms in total. The fourth-order valence-corrected chi connectivity index (χ4v) is 7.29. The number of hydrogen-bond donors (Lipinski definition) is 0. The Morgan fingerprint density at radius 2 is 0.755 bits per heavy atom. The van der Waals surface area contributed by atoms with E-state index in [9.17, 15) is 0 Å². The second kappa shape index (κ2) is 12.9. The third kappa shape index (κ3) is 5.63. The smallest absolute Gasteiger partial charge is 0.164 e. The van der Waals surface area contributed by atoms with E-state index in [1.165, 1.54) is 11.1 Å². The van der Waals surface area contributed by atoms with Crippen molar-refractivity contribution < 1.29 is 4.42 Å². The molecule has 0 saturated heterocycles. The fourth-order valence-electron chi connectivity index (χ4n) is 7.29. The summed E-state index contributed by atoms with van der Waals surface area (Å²) >= 11 is 0. The molecule has 8 aromatic carbocycles. The minimum atomic E-state index is 0.634. The monoisotopic (exact) mass is 677 g/mol. The number of fused-ring (bicyclic) bond motifs is 5. The van der Waals surface area contributed by atoms with Gasteiger partial charge in [0.2, 0.25) is 0 Å². The topological polar surface area (TPSA) is 51.8 Å². The zero-order valence-electron chi connectivity index (χ0n) is 28.6. The predicted octanol–water partition coefficient (Wildman–Crippen LogP) is 12.9. The van der Waals surface area contributed by atoms with Crippen molar-refractivity contribution in [2.24, 2.45) is 0 Å². The highest BCUT2D eigenvalue weighted by Crippen LogP contribution is 2.41. The lowest BCUT2D eigenvalue weighted by Gasteiger charge is -2.12. The number of aromatic nitrogens is 3. The number of benzene rings is 8. The third-order valence-corrected chi connectivity index (χ3v) is 9.91. The summed E-state index contributed by atoms with van der Waals surface area (Å²) < 4.78 is 6.62. The van der Waals surface area contributed by atoms with Crippen LogP contribution in [0.3, 0.4) is 0 Å². The Morgan fingerprint density at radius 1 is 0.283 bits per heavy atom. The second-order valence-electron chi connectivity index (χ2n) is 13.2. The first kappa shape index (κ1) is 30.6. The highest BCUT2D eigenvalue weighted by molar-refractivity contribution is 6.19. The van der Waals surface area contributed by atoms with Gasteiger partial charge >= 0.3 is 0 Å². The van der Waals surface area contributed by atoms with Crippen molar-refractivity contribution in [3.63, 3.8) is 0 Å². The second-order valence-corrected chi connectivity index (χ2v) is 13.2. The Balaban J connectivity index is 1.08. The first-order chi connectivity index (χ1) is 26.2. The highest BCUT2D eigenvalue weighted by atomic mass is 16.3. The van der Waals surface area contributed by atoms with Crippen molar-refractivity contribution in [2.45, 2.75) is 0 Å². The summed E-state index contributed by atoms with van der Waals surface area (Å²) in [4.78, 5) is 14.8. The Labute approximate surface area is 306 Å². The summed E-state index contributed by atoms with van der Waals surface area (Å²) in [5.41, 5.74) is 11.4. The zero-order valence-corrected chi connectivity index (χ0v) is 28.6. The normalized spacial score (nSPS) is 11.4. The maximum absolute atomic E-state index is 6.62. The van der Waals surface area contributed by atoms with Gasteiger partial charge in [0.25, 0.3) is 0 Å². The predicted molar refractivity (Wildman–Crippen MR) is 217 cm³/mol. The number of furan rings is 1. The van der Waals surface area contributed by atoms with Crippen molar-refractivity contribution in [2.75, 3.05) is 0 Å². The molecule has 53 heavy (non-hydrogen) atoms. The zero-order chi connectivity index (χ0) is 35.1. The van der Waals surface area contributed by atoms with Crippen molar-refractivity contribution in [1.29, 1.82) is 0 Å². The molecule has 0 atom stereocenters. The van der Waals surface area contributed by atoms with E-state index in [-0.39, 0.29) is 0 Å². The van der Waals surface area contributed by atoms with Crippen molar-refractivity contribution in [3.8, 4) is 67.5 Å². The van der Waals surface area contributed by atoms with Crippen LogP contribution in [0.15, 0.2) is 192 Å². The van der Waals surface area contributed by atoms with Crippen LogP contribution in [0.4, 0.5) is 0 Å². The molecule has 0 aliphatic rings. The molecule has 10 rings (SSSR count). The van der Waals surface area contributed by atoms with E-state index >= 15 is 0 Å². The molecule has 248 valence electrons. The van der Waals surface area contributed by atoms with Crippen LogP contribution in [0.5, 0.6) is 0 Å². The van der Waals surface area contributed by atoms with Crippen LogP contribution >= 0.6 is 0 Å². The molecule has 0 fully saturated rings. The maximum Gasteiger partial charge on any atom is 0.164 e. The van der Waals surface area contributed by atoms with Gasteiger partial charge < -0.3 is 4.42 Å². The Kier molecular flexibility index (Phi) is 7.43. The highest BCUT2D eigenvalue weighted by Gasteiger charge is 2.17. The van der Waals surface area contributed by atoms with Gasteiger partial charge in [-0.25, -0.2) is 15.0 Å². The summed E-state index contributed by atoms with van der Waals surface area (Å²) in [6.07, 6.45) is 0. The lowest BCUT2D eigenvalue weighted by molar-refractivity contribution is 0.673.